The molecule has 9 heteroatoms. The van der Waals surface area contributed by atoms with E-state index >= 15 is 0 Å². The summed E-state index contributed by atoms with van der Waals surface area (Å²) in [5.74, 6) is 0.689. The summed E-state index contributed by atoms with van der Waals surface area (Å²) in [6.45, 7) is 5.79. The number of piperidine rings is 1. The van der Waals surface area contributed by atoms with Crippen molar-refractivity contribution >= 4 is 11.3 Å². The molecule has 1 aromatic carbocycles. The highest BCUT2D eigenvalue weighted by molar-refractivity contribution is 7.15. The van der Waals surface area contributed by atoms with Gasteiger partial charge >= 0.3 is 6.61 Å². The topological polar surface area (TPSA) is 34.6 Å². The van der Waals surface area contributed by atoms with Gasteiger partial charge in [0.2, 0.25) is 0 Å². The Labute approximate surface area is 190 Å². The Bertz CT molecular complexity index is 857. The first-order valence-electron chi connectivity index (χ1n) is 10.7. The number of likely N-dealkylation sites (tertiary alicyclic amines) is 1. The summed E-state index contributed by atoms with van der Waals surface area (Å²) in [7, 11) is 0. The van der Waals surface area contributed by atoms with Gasteiger partial charge in [0.15, 0.2) is 0 Å². The molecule has 0 bridgehead atoms. The molecule has 2 heterocycles. The minimum absolute atomic E-state index is 0.0873. The van der Waals surface area contributed by atoms with Crippen molar-refractivity contribution in [2.24, 2.45) is 17.3 Å². The maximum Gasteiger partial charge on any atom is 0.387 e. The lowest BCUT2D eigenvalue weighted by Crippen LogP contribution is -2.45. The molecule has 4 nitrogen and oxygen atoms in total. The third kappa shape index (κ3) is 7.15. The number of thiazole rings is 1. The molecule has 0 aliphatic carbocycles. The van der Waals surface area contributed by atoms with Gasteiger partial charge in [-0.25, -0.2) is 13.8 Å². The Kier molecular flexibility index (Phi) is 8.52. The fraction of sp³-hybridized carbons (Fsp3) is 0.609. The molecule has 32 heavy (non-hydrogen) atoms. The predicted molar refractivity (Wildman–Crippen MR) is 117 cm³/mol. The van der Waals surface area contributed by atoms with Crippen molar-refractivity contribution < 1.29 is 27.0 Å². The van der Waals surface area contributed by atoms with Crippen molar-refractivity contribution in [1.29, 1.82) is 0 Å². The van der Waals surface area contributed by atoms with Crippen molar-refractivity contribution in [3.63, 3.8) is 0 Å². The Morgan fingerprint density at radius 1 is 1.16 bits per heavy atom. The molecule has 1 aliphatic rings. The molecule has 0 radical (unpaired) electrons. The third-order valence-electron chi connectivity index (χ3n) is 5.70. The van der Waals surface area contributed by atoms with Gasteiger partial charge in [-0.1, -0.05) is 32.9 Å². The molecular formula is C23H30F4N2O2S. The van der Waals surface area contributed by atoms with Crippen LogP contribution in [0, 0.1) is 17.3 Å². The molecule has 0 N–H and O–H groups in total. The standard InChI is InChI=1S/C23H30F4N2O2S/c1-23(2,3)16-8-15(13-30-14-20(24)25)10-29(11-16)12-17-9-28-21(32-17)18-6-4-5-7-19(18)31-22(26)27/h4-7,9,15-16,20,22H,8,10-14H2,1-3H3. The van der Waals surface area contributed by atoms with E-state index in [0.717, 1.165) is 24.4 Å². The molecule has 3 rings (SSSR count). The molecular weight excluding hydrogens is 444 g/mol. The molecule has 1 aromatic heterocycles. The first-order valence-corrected chi connectivity index (χ1v) is 11.5. The Morgan fingerprint density at radius 3 is 2.59 bits per heavy atom. The summed E-state index contributed by atoms with van der Waals surface area (Å²) in [5, 5.41) is 0.623. The number of halogens is 4. The lowest BCUT2D eigenvalue weighted by atomic mass is 9.73. The Hall–Kier alpha value is -1.71. The minimum atomic E-state index is -2.90. The van der Waals surface area contributed by atoms with E-state index < -0.39 is 19.6 Å². The van der Waals surface area contributed by atoms with Crippen molar-refractivity contribution in [2.75, 3.05) is 26.3 Å². The van der Waals surface area contributed by atoms with Crippen LogP contribution in [0.3, 0.4) is 0 Å². The maximum atomic E-state index is 12.7. The van der Waals surface area contributed by atoms with E-state index in [2.05, 4.69) is 35.4 Å². The molecule has 0 saturated carbocycles. The first-order chi connectivity index (χ1) is 15.1. The Morgan fingerprint density at radius 2 is 1.91 bits per heavy atom. The van der Waals surface area contributed by atoms with Crippen LogP contribution >= 0.6 is 11.3 Å². The maximum absolute atomic E-state index is 12.7. The number of hydrogen-bond donors (Lipinski definition) is 0. The smallest absolute Gasteiger partial charge is 0.387 e. The zero-order valence-corrected chi connectivity index (χ0v) is 19.4. The number of benzene rings is 1. The minimum Gasteiger partial charge on any atom is -0.434 e. The lowest BCUT2D eigenvalue weighted by molar-refractivity contribution is -0.0494. The Balaban J connectivity index is 1.70. The normalized spacial score (nSPS) is 20.3. The highest BCUT2D eigenvalue weighted by Crippen LogP contribution is 2.38. The van der Waals surface area contributed by atoms with E-state index in [1.54, 1.807) is 24.4 Å². The number of nitrogens with zero attached hydrogens (tertiary/aromatic N) is 2. The quantitative estimate of drug-likeness (QED) is 0.407. The third-order valence-corrected chi connectivity index (χ3v) is 6.72. The largest absolute Gasteiger partial charge is 0.434 e. The van der Waals surface area contributed by atoms with Crippen LogP contribution in [0.1, 0.15) is 32.1 Å². The average molecular weight is 475 g/mol. The second-order valence-electron chi connectivity index (χ2n) is 9.29. The second-order valence-corrected chi connectivity index (χ2v) is 10.4. The summed E-state index contributed by atoms with van der Waals surface area (Å²) >= 11 is 1.44. The van der Waals surface area contributed by atoms with Gasteiger partial charge in [0.25, 0.3) is 6.43 Å². The van der Waals surface area contributed by atoms with E-state index in [1.807, 2.05) is 0 Å². The zero-order chi connectivity index (χ0) is 23.3. The highest BCUT2D eigenvalue weighted by atomic mass is 32.1. The van der Waals surface area contributed by atoms with Crippen LogP contribution in [0.15, 0.2) is 30.5 Å². The summed E-state index contributed by atoms with van der Waals surface area (Å²) in [4.78, 5) is 7.76. The van der Waals surface area contributed by atoms with Crippen LogP contribution in [0.25, 0.3) is 10.6 Å². The van der Waals surface area contributed by atoms with Crippen LogP contribution in [0.2, 0.25) is 0 Å². The van der Waals surface area contributed by atoms with Crippen LogP contribution in [0.4, 0.5) is 17.6 Å². The predicted octanol–water partition coefficient (Wildman–Crippen LogP) is 6.18. The zero-order valence-electron chi connectivity index (χ0n) is 18.6. The summed E-state index contributed by atoms with van der Waals surface area (Å²) in [5.41, 5.74) is 0.623. The number of alkyl halides is 4. The number of para-hydroxylation sites is 1. The van der Waals surface area contributed by atoms with E-state index in [1.165, 1.54) is 17.4 Å². The SMILES string of the molecule is CC(C)(C)C1CC(COCC(F)F)CN(Cc2cnc(-c3ccccc3OC(F)F)s2)C1. The van der Waals surface area contributed by atoms with Crippen LogP contribution in [0.5, 0.6) is 5.75 Å². The fourth-order valence-corrected chi connectivity index (χ4v) is 5.06. The molecule has 2 atom stereocenters. The van der Waals surface area contributed by atoms with Crippen molar-refractivity contribution in [3.05, 3.63) is 35.3 Å². The van der Waals surface area contributed by atoms with E-state index in [9.17, 15) is 17.6 Å². The lowest BCUT2D eigenvalue weighted by Gasteiger charge is -2.43. The number of rotatable bonds is 9. The van der Waals surface area contributed by atoms with Crippen LogP contribution < -0.4 is 4.74 Å². The monoisotopic (exact) mass is 474 g/mol. The molecule has 178 valence electrons. The highest BCUT2D eigenvalue weighted by Gasteiger charge is 2.34. The molecule has 1 fully saturated rings. The average Bonchev–Trinajstić information content (AvgIpc) is 3.15. The van der Waals surface area contributed by atoms with Gasteiger partial charge in [-0.3, -0.25) is 4.90 Å². The number of ether oxygens (including phenoxy) is 2. The van der Waals surface area contributed by atoms with Crippen molar-refractivity contribution in [3.8, 4) is 16.3 Å². The first kappa shape index (κ1) is 24.9. The molecule has 2 unspecified atom stereocenters. The van der Waals surface area contributed by atoms with Gasteiger partial charge in [0, 0.05) is 30.7 Å². The molecule has 2 aromatic rings. The van der Waals surface area contributed by atoms with Gasteiger partial charge in [-0.15, -0.1) is 11.3 Å². The van der Waals surface area contributed by atoms with Gasteiger partial charge in [0.05, 0.1) is 12.2 Å². The fourth-order valence-electron chi connectivity index (χ4n) is 4.07. The molecule has 0 spiro atoms. The number of aromatic nitrogens is 1. The molecule has 1 aliphatic heterocycles. The number of hydrogen-bond acceptors (Lipinski definition) is 5. The molecule has 0 amide bonds. The second kappa shape index (κ2) is 10.9. The van der Waals surface area contributed by atoms with Crippen LogP contribution in [-0.4, -0.2) is 49.2 Å². The van der Waals surface area contributed by atoms with Gasteiger partial charge < -0.3 is 9.47 Å². The van der Waals surface area contributed by atoms with E-state index in [-0.39, 0.29) is 17.1 Å². The van der Waals surface area contributed by atoms with Crippen molar-refractivity contribution in [1.82, 2.24) is 9.88 Å². The van der Waals surface area contributed by atoms with Gasteiger partial charge in [-0.05, 0) is 35.8 Å². The molecule has 1 saturated heterocycles. The van der Waals surface area contributed by atoms with Crippen LogP contribution in [-0.2, 0) is 11.3 Å². The summed E-state index contributed by atoms with van der Waals surface area (Å²) in [6, 6.07) is 6.63. The summed E-state index contributed by atoms with van der Waals surface area (Å²) in [6.07, 6.45) is 0.248. The summed E-state index contributed by atoms with van der Waals surface area (Å²) < 4.78 is 60.3. The van der Waals surface area contributed by atoms with Crippen molar-refractivity contribution in [2.45, 2.75) is 46.8 Å². The van der Waals surface area contributed by atoms with Gasteiger partial charge in [-0.2, -0.15) is 8.78 Å². The van der Waals surface area contributed by atoms with E-state index in [0.29, 0.717) is 29.6 Å². The van der Waals surface area contributed by atoms with E-state index in [4.69, 9.17) is 4.74 Å². The van der Waals surface area contributed by atoms with Gasteiger partial charge in [0.1, 0.15) is 17.4 Å².